The lowest BCUT2D eigenvalue weighted by molar-refractivity contribution is 0.189. The fourth-order valence-corrected chi connectivity index (χ4v) is 2.13. The van der Waals surface area contributed by atoms with Crippen LogP contribution in [0.3, 0.4) is 0 Å². The number of rotatable bonds is 7. The van der Waals surface area contributed by atoms with E-state index in [-0.39, 0.29) is 6.10 Å². The molecule has 106 valence electrons. The van der Waals surface area contributed by atoms with Crippen LogP contribution in [-0.4, -0.2) is 12.6 Å². The van der Waals surface area contributed by atoms with Crippen molar-refractivity contribution in [2.24, 2.45) is 0 Å². The first-order chi connectivity index (χ1) is 9.79. The van der Waals surface area contributed by atoms with Gasteiger partial charge in [-0.15, -0.1) is 0 Å². The van der Waals surface area contributed by atoms with Gasteiger partial charge in [-0.2, -0.15) is 0 Å². The van der Waals surface area contributed by atoms with Gasteiger partial charge in [-0.1, -0.05) is 55.5 Å². The maximum atomic E-state index is 5.99. The summed E-state index contributed by atoms with van der Waals surface area (Å²) in [6.45, 7) is 5.19. The highest BCUT2D eigenvalue weighted by molar-refractivity contribution is 5.21. The number of nitrogens with one attached hydrogen (secondary N) is 1. The van der Waals surface area contributed by atoms with Crippen LogP contribution in [0.5, 0.6) is 5.75 Å². The van der Waals surface area contributed by atoms with Crippen molar-refractivity contribution in [2.75, 3.05) is 6.54 Å². The molecule has 0 aliphatic carbocycles. The zero-order chi connectivity index (χ0) is 14.2. The summed E-state index contributed by atoms with van der Waals surface area (Å²) in [4.78, 5) is 0. The standard InChI is InChI=1S/C18H23NO/c1-3-17(20-18-12-8-5-9-13-18)14-19-15(2)16-10-6-4-7-11-16/h4-13,15,17,19H,3,14H2,1-2H3. The predicted octanol–water partition coefficient (Wildman–Crippen LogP) is 4.19. The molecule has 0 spiro atoms. The Morgan fingerprint density at radius 3 is 2.15 bits per heavy atom. The Bertz CT molecular complexity index is 483. The fourth-order valence-electron chi connectivity index (χ4n) is 2.13. The Labute approximate surface area is 121 Å². The normalized spacial score (nSPS) is 13.7. The van der Waals surface area contributed by atoms with Crippen molar-refractivity contribution < 1.29 is 4.74 Å². The molecular weight excluding hydrogens is 246 g/mol. The number of benzene rings is 2. The van der Waals surface area contributed by atoms with Crippen LogP contribution in [-0.2, 0) is 0 Å². The van der Waals surface area contributed by atoms with E-state index < -0.39 is 0 Å². The molecule has 0 radical (unpaired) electrons. The lowest BCUT2D eigenvalue weighted by Gasteiger charge is -2.21. The molecule has 0 fully saturated rings. The third-order valence-corrected chi connectivity index (χ3v) is 3.45. The molecule has 0 heterocycles. The molecular formula is C18H23NO. The van der Waals surface area contributed by atoms with Crippen LogP contribution in [0, 0.1) is 0 Å². The zero-order valence-corrected chi connectivity index (χ0v) is 12.3. The van der Waals surface area contributed by atoms with Gasteiger partial charge in [0.05, 0.1) is 0 Å². The third-order valence-electron chi connectivity index (χ3n) is 3.45. The lowest BCUT2D eigenvalue weighted by Crippen LogP contribution is -2.32. The average Bonchev–Trinajstić information content (AvgIpc) is 2.53. The second-order valence-corrected chi connectivity index (χ2v) is 5.00. The van der Waals surface area contributed by atoms with Gasteiger partial charge in [0.1, 0.15) is 11.9 Å². The minimum absolute atomic E-state index is 0.198. The molecule has 0 amide bonds. The zero-order valence-electron chi connectivity index (χ0n) is 12.3. The second kappa shape index (κ2) is 7.71. The van der Waals surface area contributed by atoms with Crippen LogP contribution in [0.25, 0.3) is 0 Å². The minimum atomic E-state index is 0.198. The molecule has 2 nitrogen and oxygen atoms in total. The van der Waals surface area contributed by atoms with E-state index in [4.69, 9.17) is 4.74 Å². The fraction of sp³-hybridized carbons (Fsp3) is 0.333. The summed E-state index contributed by atoms with van der Waals surface area (Å²) in [5.41, 5.74) is 1.31. The number of hydrogen-bond donors (Lipinski definition) is 1. The highest BCUT2D eigenvalue weighted by Crippen LogP contribution is 2.14. The van der Waals surface area contributed by atoms with Crippen LogP contribution >= 0.6 is 0 Å². The molecule has 2 aromatic rings. The van der Waals surface area contributed by atoms with Crippen molar-refractivity contribution in [3.8, 4) is 5.75 Å². The van der Waals surface area contributed by atoms with Crippen LogP contribution < -0.4 is 10.1 Å². The predicted molar refractivity (Wildman–Crippen MR) is 84.0 cm³/mol. The van der Waals surface area contributed by atoms with Gasteiger partial charge >= 0.3 is 0 Å². The quantitative estimate of drug-likeness (QED) is 0.813. The summed E-state index contributed by atoms with van der Waals surface area (Å²) < 4.78 is 5.99. The van der Waals surface area contributed by atoms with Gasteiger partial charge in [0.25, 0.3) is 0 Å². The first-order valence-corrected chi connectivity index (χ1v) is 7.29. The van der Waals surface area contributed by atoms with Gasteiger partial charge in [-0.25, -0.2) is 0 Å². The van der Waals surface area contributed by atoms with Crippen molar-refractivity contribution in [1.82, 2.24) is 5.32 Å². The van der Waals surface area contributed by atoms with Gasteiger partial charge in [0.2, 0.25) is 0 Å². The van der Waals surface area contributed by atoms with E-state index in [2.05, 4.69) is 43.4 Å². The Morgan fingerprint density at radius 2 is 1.55 bits per heavy atom. The Kier molecular flexibility index (Phi) is 5.63. The highest BCUT2D eigenvalue weighted by atomic mass is 16.5. The lowest BCUT2D eigenvalue weighted by atomic mass is 10.1. The van der Waals surface area contributed by atoms with Crippen LogP contribution in [0.2, 0.25) is 0 Å². The van der Waals surface area contributed by atoms with Crippen LogP contribution in [0.1, 0.15) is 31.9 Å². The van der Waals surface area contributed by atoms with Crippen molar-refractivity contribution in [3.05, 3.63) is 66.2 Å². The Hall–Kier alpha value is -1.80. The second-order valence-electron chi connectivity index (χ2n) is 5.00. The summed E-state index contributed by atoms with van der Waals surface area (Å²) in [5, 5.41) is 3.55. The Balaban J connectivity index is 1.85. The van der Waals surface area contributed by atoms with Crippen molar-refractivity contribution in [1.29, 1.82) is 0 Å². The third kappa shape index (κ3) is 4.39. The number of hydrogen-bond acceptors (Lipinski definition) is 2. The average molecular weight is 269 g/mol. The molecule has 2 aromatic carbocycles. The molecule has 0 aliphatic rings. The van der Waals surface area contributed by atoms with E-state index in [1.165, 1.54) is 5.56 Å². The maximum Gasteiger partial charge on any atom is 0.119 e. The van der Waals surface area contributed by atoms with Gasteiger partial charge in [-0.3, -0.25) is 0 Å². The molecule has 0 saturated heterocycles. The summed E-state index contributed by atoms with van der Waals surface area (Å²) in [7, 11) is 0. The molecule has 0 aromatic heterocycles. The summed E-state index contributed by atoms with van der Waals surface area (Å²) >= 11 is 0. The molecule has 0 saturated carbocycles. The molecule has 2 heteroatoms. The summed E-state index contributed by atoms with van der Waals surface area (Å²) in [5.74, 6) is 0.938. The van der Waals surface area contributed by atoms with E-state index in [1.807, 2.05) is 36.4 Å². The van der Waals surface area contributed by atoms with Gasteiger partial charge in [0, 0.05) is 12.6 Å². The van der Waals surface area contributed by atoms with Crippen LogP contribution in [0.15, 0.2) is 60.7 Å². The molecule has 1 N–H and O–H groups in total. The van der Waals surface area contributed by atoms with Crippen molar-refractivity contribution in [3.63, 3.8) is 0 Å². The monoisotopic (exact) mass is 269 g/mol. The molecule has 2 rings (SSSR count). The molecule has 20 heavy (non-hydrogen) atoms. The first kappa shape index (κ1) is 14.6. The van der Waals surface area contributed by atoms with E-state index >= 15 is 0 Å². The molecule has 0 bridgehead atoms. The first-order valence-electron chi connectivity index (χ1n) is 7.29. The molecule has 2 atom stereocenters. The largest absolute Gasteiger partial charge is 0.489 e. The number of ether oxygens (including phenoxy) is 1. The smallest absolute Gasteiger partial charge is 0.119 e. The maximum absolute atomic E-state index is 5.99. The van der Waals surface area contributed by atoms with Crippen molar-refractivity contribution >= 4 is 0 Å². The van der Waals surface area contributed by atoms with Gasteiger partial charge in [0.15, 0.2) is 0 Å². The van der Waals surface area contributed by atoms with Gasteiger partial charge < -0.3 is 10.1 Å². The van der Waals surface area contributed by atoms with Gasteiger partial charge in [-0.05, 0) is 31.0 Å². The minimum Gasteiger partial charge on any atom is -0.489 e. The van der Waals surface area contributed by atoms with E-state index in [9.17, 15) is 0 Å². The van der Waals surface area contributed by atoms with E-state index in [0.717, 1.165) is 18.7 Å². The van der Waals surface area contributed by atoms with E-state index in [1.54, 1.807) is 0 Å². The topological polar surface area (TPSA) is 21.3 Å². The Morgan fingerprint density at radius 1 is 0.950 bits per heavy atom. The summed E-state index contributed by atoms with van der Waals surface area (Å²) in [6, 6.07) is 20.8. The summed E-state index contributed by atoms with van der Waals surface area (Å²) in [6.07, 6.45) is 1.19. The van der Waals surface area contributed by atoms with E-state index in [0.29, 0.717) is 6.04 Å². The van der Waals surface area contributed by atoms with Crippen LogP contribution in [0.4, 0.5) is 0 Å². The van der Waals surface area contributed by atoms with Crippen molar-refractivity contribution in [2.45, 2.75) is 32.4 Å². The SMILES string of the molecule is CCC(CNC(C)c1ccccc1)Oc1ccccc1. The highest BCUT2D eigenvalue weighted by Gasteiger charge is 2.10. The molecule has 0 aliphatic heterocycles. The molecule has 2 unspecified atom stereocenters. The number of para-hydroxylation sites is 1.